The molecule has 1 amide bonds. The summed E-state index contributed by atoms with van der Waals surface area (Å²) in [6.45, 7) is 5.51. The van der Waals surface area contributed by atoms with Crippen molar-refractivity contribution in [3.05, 3.63) is 53.6 Å². The molecule has 0 atom stereocenters. The van der Waals surface area contributed by atoms with Gasteiger partial charge in [-0.25, -0.2) is 4.98 Å². The number of nitrogens with zero attached hydrogens (tertiary/aromatic N) is 2. The molecule has 0 bridgehead atoms. The third-order valence-electron chi connectivity index (χ3n) is 3.66. The van der Waals surface area contributed by atoms with Crippen LogP contribution in [0.5, 0.6) is 5.75 Å². The summed E-state index contributed by atoms with van der Waals surface area (Å²) in [4.78, 5) is 15.9. The molecular formula is C18H23N3O2. The van der Waals surface area contributed by atoms with E-state index in [9.17, 15) is 4.79 Å². The Bertz CT molecular complexity index is 653. The number of carbonyl (C=O) groups excluding carboxylic acids is 1. The first-order chi connectivity index (χ1) is 11.1. The van der Waals surface area contributed by atoms with Crippen LogP contribution in [-0.4, -0.2) is 29.1 Å². The van der Waals surface area contributed by atoms with Crippen LogP contribution in [0.15, 0.2) is 36.9 Å². The second kappa shape index (κ2) is 8.17. The molecule has 0 saturated carbocycles. The van der Waals surface area contributed by atoms with Gasteiger partial charge in [-0.15, -0.1) is 0 Å². The number of nitrogens with one attached hydrogen (secondary N) is 1. The van der Waals surface area contributed by atoms with E-state index in [1.54, 1.807) is 25.7 Å². The van der Waals surface area contributed by atoms with Crippen molar-refractivity contribution in [3.8, 4) is 5.75 Å². The van der Waals surface area contributed by atoms with Gasteiger partial charge in [0.25, 0.3) is 0 Å². The van der Waals surface area contributed by atoms with E-state index in [1.807, 2.05) is 42.8 Å². The standard InChI is InChI=1S/C18H23N3O2/c1-14-11-16(23-3)12-15(2)17(14)5-6-18(22)20-7-4-9-21-10-8-19-13-21/h5-6,8,10-13H,4,7,9H2,1-3H3,(H,20,22)/b6-5+. The van der Waals surface area contributed by atoms with E-state index in [4.69, 9.17) is 4.74 Å². The lowest BCUT2D eigenvalue weighted by atomic mass is 10.0. The van der Waals surface area contributed by atoms with Crippen molar-refractivity contribution in [2.75, 3.05) is 13.7 Å². The van der Waals surface area contributed by atoms with E-state index < -0.39 is 0 Å². The molecule has 1 N–H and O–H groups in total. The fourth-order valence-corrected chi connectivity index (χ4v) is 2.43. The molecule has 0 aliphatic carbocycles. The van der Waals surface area contributed by atoms with Crippen molar-refractivity contribution < 1.29 is 9.53 Å². The molecule has 0 aliphatic heterocycles. The van der Waals surface area contributed by atoms with Crippen molar-refractivity contribution in [3.63, 3.8) is 0 Å². The minimum atomic E-state index is -0.0785. The largest absolute Gasteiger partial charge is 0.497 e. The summed E-state index contributed by atoms with van der Waals surface area (Å²) >= 11 is 0. The van der Waals surface area contributed by atoms with Gasteiger partial charge in [-0.3, -0.25) is 4.79 Å². The van der Waals surface area contributed by atoms with Crippen LogP contribution in [0.1, 0.15) is 23.1 Å². The summed E-state index contributed by atoms with van der Waals surface area (Å²) in [5, 5.41) is 2.89. The van der Waals surface area contributed by atoms with E-state index in [1.165, 1.54) is 0 Å². The lowest BCUT2D eigenvalue weighted by molar-refractivity contribution is -0.116. The number of amides is 1. The highest BCUT2D eigenvalue weighted by molar-refractivity contribution is 5.92. The molecular weight excluding hydrogens is 290 g/mol. The maximum atomic E-state index is 11.9. The summed E-state index contributed by atoms with van der Waals surface area (Å²) in [5.74, 6) is 0.756. The average Bonchev–Trinajstić information content (AvgIpc) is 3.03. The van der Waals surface area contributed by atoms with E-state index in [0.29, 0.717) is 6.54 Å². The molecule has 122 valence electrons. The van der Waals surface area contributed by atoms with Crippen LogP contribution in [0.2, 0.25) is 0 Å². The lowest BCUT2D eigenvalue weighted by Gasteiger charge is -2.09. The van der Waals surface area contributed by atoms with Gasteiger partial charge in [-0.1, -0.05) is 0 Å². The van der Waals surface area contributed by atoms with Gasteiger partial charge in [0.05, 0.1) is 13.4 Å². The van der Waals surface area contributed by atoms with E-state index in [2.05, 4.69) is 10.3 Å². The maximum absolute atomic E-state index is 11.9. The molecule has 2 aromatic rings. The number of ether oxygens (including phenoxy) is 1. The summed E-state index contributed by atoms with van der Waals surface area (Å²) in [7, 11) is 1.65. The number of benzene rings is 1. The van der Waals surface area contributed by atoms with Gasteiger partial charge < -0.3 is 14.6 Å². The third-order valence-corrected chi connectivity index (χ3v) is 3.66. The van der Waals surface area contributed by atoms with E-state index in [0.717, 1.165) is 35.4 Å². The predicted molar refractivity (Wildman–Crippen MR) is 91.4 cm³/mol. The van der Waals surface area contributed by atoms with Crippen molar-refractivity contribution in [2.45, 2.75) is 26.8 Å². The Morgan fingerprint density at radius 1 is 1.35 bits per heavy atom. The second-order valence-electron chi connectivity index (χ2n) is 5.45. The molecule has 0 spiro atoms. The zero-order valence-corrected chi connectivity index (χ0v) is 13.9. The molecule has 1 heterocycles. The van der Waals surface area contributed by atoms with Crippen LogP contribution in [0.4, 0.5) is 0 Å². The zero-order valence-electron chi connectivity index (χ0n) is 13.9. The molecule has 0 unspecified atom stereocenters. The topological polar surface area (TPSA) is 56.1 Å². The second-order valence-corrected chi connectivity index (χ2v) is 5.45. The van der Waals surface area contributed by atoms with Gasteiger partial charge in [0.2, 0.25) is 5.91 Å². The summed E-state index contributed by atoms with van der Waals surface area (Å²) in [6, 6.07) is 3.94. The quantitative estimate of drug-likeness (QED) is 0.631. The number of aryl methyl sites for hydroxylation is 3. The monoisotopic (exact) mass is 313 g/mol. The van der Waals surface area contributed by atoms with Crippen molar-refractivity contribution in [1.29, 1.82) is 0 Å². The van der Waals surface area contributed by atoms with Crippen molar-refractivity contribution in [2.24, 2.45) is 0 Å². The fraction of sp³-hybridized carbons (Fsp3) is 0.333. The van der Waals surface area contributed by atoms with Crippen LogP contribution >= 0.6 is 0 Å². The minimum absolute atomic E-state index is 0.0785. The first-order valence-electron chi connectivity index (χ1n) is 7.67. The Kier molecular flexibility index (Phi) is 5.97. The van der Waals surface area contributed by atoms with Gasteiger partial charge in [0.15, 0.2) is 0 Å². The summed E-state index contributed by atoms with van der Waals surface area (Å²) < 4.78 is 7.23. The number of imidazole rings is 1. The molecule has 1 aromatic carbocycles. The Labute approximate surface area is 137 Å². The Morgan fingerprint density at radius 2 is 2.09 bits per heavy atom. The zero-order chi connectivity index (χ0) is 16.7. The van der Waals surface area contributed by atoms with Crippen LogP contribution in [0.3, 0.4) is 0 Å². The molecule has 5 nitrogen and oxygen atoms in total. The first kappa shape index (κ1) is 16.8. The van der Waals surface area contributed by atoms with Crippen LogP contribution in [0.25, 0.3) is 6.08 Å². The Balaban J connectivity index is 1.83. The van der Waals surface area contributed by atoms with Crippen LogP contribution in [0, 0.1) is 13.8 Å². The number of aromatic nitrogens is 2. The van der Waals surface area contributed by atoms with Crippen molar-refractivity contribution in [1.82, 2.24) is 14.9 Å². The predicted octanol–water partition coefficient (Wildman–Crippen LogP) is 2.73. The average molecular weight is 313 g/mol. The summed E-state index contributed by atoms with van der Waals surface area (Å²) in [6.07, 6.45) is 9.75. The number of carbonyl (C=O) groups is 1. The normalized spacial score (nSPS) is 10.9. The highest BCUT2D eigenvalue weighted by Gasteiger charge is 2.03. The molecule has 5 heteroatoms. The van der Waals surface area contributed by atoms with Crippen molar-refractivity contribution >= 4 is 12.0 Å². The molecule has 0 aliphatic rings. The molecule has 2 rings (SSSR count). The third kappa shape index (κ3) is 4.98. The van der Waals surface area contributed by atoms with Crippen LogP contribution < -0.4 is 10.1 Å². The minimum Gasteiger partial charge on any atom is -0.497 e. The number of methoxy groups -OCH3 is 1. The first-order valence-corrected chi connectivity index (χ1v) is 7.67. The molecule has 0 fully saturated rings. The molecule has 23 heavy (non-hydrogen) atoms. The number of rotatable bonds is 7. The van der Waals surface area contributed by atoms with E-state index in [-0.39, 0.29) is 5.91 Å². The van der Waals surface area contributed by atoms with Gasteiger partial charge >= 0.3 is 0 Å². The number of hydrogen-bond acceptors (Lipinski definition) is 3. The van der Waals surface area contributed by atoms with Gasteiger partial charge in [0.1, 0.15) is 5.75 Å². The summed E-state index contributed by atoms with van der Waals surface area (Å²) in [5.41, 5.74) is 3.23. The lowest BCUT2D eigenvalue weighted by Crippen LogP contribution is -2.23. The van der Waals surface area contributed by atoms with E-state index >= 15 is 0 Å². The Morgan fingerprint density at radius 3 is 2.70 bits per heavy atom. The van der Waals surface area contributed by atoms with Gasteiger partial charge in [-0.05, 0) is 55.2 Å². The fourth-order valence-electron chi connectivity index (χ4n) is 2.43. The molecule has 1 aromatic heterocycles. The maximum Gasteiger partial charge on any atom is 0.244 e. The smallest absolute Gasteiger partial charge is 0.244 e. The number of hydrogen-bond donors (Lipinski definition) is 1. The highest BCUT2D eigenvalue weighted by Crippen LogP contribution is 2.22. The van der Waals surface area contributed by atoms with Gasteiger partial charge in [0, 0.05) is 31.6 Å². The SMILES string of the molecule is COc1cc(C)c(/C=C/C(=O)NCCCn2ccnc2)c(C)c1. The highest BCUT2D eigenvalue weighted by atomic mass is 16.5. The molecule has 0 saturated heterocycles. The van der Waals surface area contributed by atoms with Gasteiger partial charge in [-0.2, -0.15) is 0 Å². The molecule has 0 radical (unpaired) electrons. The Hall–Kier alpha value is -2.56. The van der Waals surface area contributed by atoms with Crippen LogP contribution in [-0.2, 0) is 11.3 Å².